The molecule has 0 radical (unpaired) electrons. The fourth-order valence-electron chi connectivity index (χ4n) is 2.14. The minimum atomic E-state index is -0.712. The quantitative estimate of drug-likeness (QED) is 0.673. The van der Waals surface area contributed by atoms with Gasteiger partial charge in [-0.15, -0.1) is 0 Å². The van der Waals surface area contributed by atoms with E-state index in [4.69, 9.17) is 15.2 Å². The maximum absolute atomic E-state index is 12.3. The van der Waals surface area contributed by atoms with Crippen LogP contribution in [-0.4, -0.2) is 32.2 Å². The van der Waals surface area contributed by atoms with Crippen molar-refractivity contribution in [2.45, 2.75) is 32.9 Å². The molecule has 2 atom stereocenters. The van der Waals surface area contributed by atoms with Crippen LogP contribution in [0.2, 0.25) is 0 Å². The van der Waals surface area contributed by atoms with Gasteiger partial charge in [-0.1, -0.05) is 26.3 Å². The molecule has 0 unspecified atom stereocenters. The van der Waals surface area contributed by atoms with Crippen molar-refractivity contribution in [3.63, 3.8) is 0 Å². The average Bonchev–Trinajstić information content (AvgIpc) is 2.56. The lowest BCUT2D eigenvalue weighted by Gasteiger charge is -2.22. The van der Waals surface area contributed by atoms with Crippen LogP contribution in [0.4, 0.5) is 4.79 Å². The second-order valence-electron chi connectivity index (χ2n) is 5.28. The van der Waals surface area contributed by atoms with Crippen molar-refractivity contribution in [1.29, 1.82) is 0 Å². The first-order valence-electron chi connectivity index (χ1n) is 7.47. The Balaban J connectivity index is 2.75. The van der Waals surface area contributed by atoms with Crippen LogP contribution in [0.1, 0.15) is 25.8 Å². The van der Waals surface area contributed by atoms with Crippen LogP contribution in [0.5, 0.6) is 11.5 Å². The molecule has 0 fully saturated rings. The first-order valence-corrected chi connectivity index (χ1v) is 7.47. The summed E-state index contributed by atoms with van der Waals surface area (Å²) in [5.74, 6) is 0.921. The molecule has 23 heavy (non-hydrogen) atoms. The maximum atomic E-state index is 12.3. The molecule has 0 saturated heterocycles. The van der Waals surface area contributed by atoms with E-state index in [0.717, 1.165) is 12.0 Å². The lowest BCUT2D eigenvalue weighted by molar-refractivity contribution is -0.124. The molecule has 1 aromatic carbocycles. The van der Waals surface area contributed by atoms with Gasteiger partial charge >= 0.3 is 6.03 Å². The molecule has 0 spiro atoms. The highest BCUT2D eigenvalue weighted by Crippen LogP contribution is 2.27. The topological polar surface area (TPSA) is 103 Å². The Kier molecular flexibility index (Phi) is 7.18. The molecule has 7 nitrogen and oxygen atoms in total. The fourth-order valence-corrected chi connectivity index (χ4v) is 2.14. The molecule has 0 aromatic heterocycles. The predicted octanol–water partition coefficient (Wildman–Crippen LogP) is 1.40. The number of benzene rings is 1. The molecule has 0 aliphatic rings. The number of hydrogen-bond donors (Lipinski definition) is 3. The number of ether oxygens (including phenoxy) is 2. The fraction of sp³-hybridized carbons (Fsp3) is 0.500. The number of urea groups is 1. The van der Waals surface area contributed by atoms with E-state index >= 15 is 0 Å². The molecule has 128 valence electrons. The molecule has 0 aliphatic carbocycles. The van der Waals surface area contributed by atoms with Crippen molar-refractivity contribution in [2.75, 3.05) is 14.2 Å². The molecule has 4 N–H and O–H groups in total. The van der Waals surface area contributed by atoms with E-state index in [0.29, 0.717) is 18.0 Å². The maximum Gasteiger partial charge on any atom is 0.312 e. The second kappa shape index (κ2) is 8.87. The Labute approximate surface area is 136 Å². The lowest BCUT2D eigenvalue weighted by atomic mass is 9.98. The zero-order valence-electron chi connectivity index (χ0n) is 14.0. The smallest absolute Gasteiger partial charge is 0.312 e. The lowest BCUT2D eigenvalue weighted by Crippen LogP contribution is -2.51. The first-order chi connectivity index (χ1) is 10.9. The number of amides is 3. The first kappa shape index (κ1) is 18.6. The molecule has 0 saturated carbocycles. The van der Waals surface area contributed by atoms with Crippen molar-refractivity contribution in [3.8, 4) is 11.5 Å². The Morgan fingerprint density at radius 3 is 2.39 bits per heavy atom. The summed E-state index contributed by atoms with van der Waals surface area (Å²) in [6.07, 6.45) is 0.745. The molecule has 1 aromatic rings. The monoisotopic (exact) mass is 323 g/mol. The number of carbonyl (C=O) groups is 2. The predicted molar refractivity (Wildman–Crippen MR) is 87.4 cm³/mol. The number of hydrogen-bond acceptors (Lipinski definition) is 4. The summed E-state index contributed by atoms with van der Waals surface area (Å²) < 4.78 is 10.4. The largest absolute Gasteiger partial charge is 0.493 e. The van der Waals surface area contributed by atoms with Crippen LogP contribution in [-0.2, 0) is 11.3 Å². The van der Waals surface area contributed by atoms with Crippen molar-refractivity contribution in [1.82, 2.24) is 10.6 Å². The summed E-state index contributed by atoms with van der Waals surface area (Å²) >= 11 is 0. The molecule has 7 heteroatoms. The number of rotatable bonds is 8. The third-order valence-electron chi connectivity index (χ3n) is 3.71. The van der Waals surface area contributed by atoms with Crippen molar-refractivity contribution < 1.29 is 19.1 Å². The van der Waals surface area contributed by atoms with Crippen LogP contribution in [0.15, 0.2) is 18.2 Å². The van der Waals surface area contributed by atoms with E-state index in [1.807, 2.05) is 19.9 Å². The highest BCUT2D eigenvalue weighted by molar-refractivity contribution is 5.86. The third-order valence-corrected chi connectivity index (χ3v) is 3.71. The molecule has 0 aliphatic heterocycles. The molecular formula is C16H25N3O4. The van der Waals surface area contributed by atoms with Gasteiger partial charge in [0, 0.05) is 6.54 Å². The van der Waals surface area contributed by atoms with Gasteiger partial charge in [0.05, 0.1) is 14.2 Å². The Morgan fingerprint density at radius 1 is 1.22 bits per heavy atom. The van der Waals surface area contributed by atoms with Gasteiger partial charge in [0.15, 0.2) is 11.5 Å². The van der Waals surface area contributed by atoms with Gasteiger partial charge in [-0.3, -0.25) is 4.79 Å². The van der Waals surface area contributed by atoms with Gasteiger partial charge in [-0.05, 0) is 23.6 Å². The van der Waals surface area contributed by atoms with Gasteiger partial charge in [0.25, 0.3) is 0 Å². The summed E-state index contributed by atoms with van der Waals surface area (Å²) in [4.78, 5) is 23.4. The molecule has 0 bridgehead atoms. The summed E-state index contributed by atoms with van der Waals surface area (Å²) in [6.45, 7) is 4.14. The highest BCUT2D eigenvalue weighted by Gasteiger charge is 2.24. The Bertz CT molecular complexity index is 548. The van der Waals surface area contributed by atoms with E-state index < -0.39 is 12.1 Å². The van der Waals surface area contributed by atoms with Crippen molar-refractivity contribution in [2.24, 2.45) is 11.7 Å². The number of nitrogens with one attached hydrogen (secondary N) is 2. The van der Waals surface area contributed by atoms with Gasteiger partial charge < -0.3 is 25.8 Å². The van der Waals surface area contributed by atoms with Gasteiger partial charge in [0.1, 0.15) is 6.04 Å². The standard InChI is InChI=1S/C16H25N3O4/c1-5-10(2)14(19-16(17)21)15(20)18-9-11-6-7-12(22-3)13(8-11)23-4/h6-8,10,14H,5,9H2,1-4H3,(H,18,20)(H3,17,19,21)/t10-,14+/m0/s1. The zero-order chi connectivity index (χ0) is 17.4. The molecule has 1 rings (SSSR count). The summed E-state index contributed by atoms with van der Waals surface area (Å²) in [5.41, 5.74) is 6.00. The van der Waals surface area contributed by atoms with E-state index in [1.165, 1.54) is 0 Å². The number of nitrogens with two attached hydrogens (primary N) is 1. The molecule has 0 heterocycles. The van der Waals surface area contributed by atoms with Crippen LogP contribution >= 0.6 is 0 Å². The summed E-state index contributed by atoms with van der Waals surface area (Å²) in [6, 6.07) is 4.03. The molecular weight excluding hydrogens is 298 g/mol. The van der Waals surface area contributed by atoms with Crippen molar-refractivity contribution >= 4 is 11.9 Å². The van der Waals surface area contributed by atoms with E-state index in [2.05, 4.69) is 10.6 Å². The Morgan fingerprint density at radius 2 is 1.87 bits per heavy atom. The van der Waals surface area contributed by atoms with Crippen LogP contribution < -0.4 is 25.8 Å². The average molecular weight is 323 g/mol. The zero-order valence-corrected chi connectivity index (χ0v) is 14.0. The van der Waals surface area contributed by atoms with Gasteiger partial charge in [-0.25, -0.2) is 4.79 Å². The molecule has 3 amide bonds. The number of primary amides is 1. The van der Waals surface area contributed by atoms with E-state index in [1.54, 1.807) is 26.4 Å². The third kappa shape index (κ3) is 5.36. The second-order valence-corrected chi connectivity index (χ2v) is 5.28. The highest BCUT2D eigenvalue weighted by atomic mass is 16.5. The number of carbonyl (C=O) groups excluding carboxylic acids is 2. The summed E-state index contributed by atoms with van der Waals surface area (Å²) in [5, 5.41) is 5.29. The van der Waals surface area contributed by atoms with Gasteiger partial charge in [-0.2, -0.15) is 0 Å². The van der Waals surface area contributed by atoms with Crippen molar-refractivity contribution in [3.05, 3.63) is 23.8 Å². The Hall–Kier alpha value is -2.44. The van der Waals surface area contributed by atoms with Gasteiger partial charge in [0.2, 0.25) is 5.91 Å². The van der Waals surface area contributed by atoms with Crippen LogP contribution in [0, 0.1) is 5.92 Å². The SMILES string of the molecule is CC[C@H](C)[C@@H](NC(N)=O)C(=O)NCc1ccc(OC)c(OC)c1. The van der Waals surface area contributed by atoms with E-state index in [9.17, 15) is 9.59 Å². The van der Waals surface area contributed by atoms with Crippen LogP contribution in [0.3, 0.4) is 0 Å². The number of methoxy groups -OCH3 is 2. The summed E-state index contributed by atoms with van der Waals surface area (Å²) in [7, 11) is 3.11. The minimum Gasteiger partial charge on any atom is -0.493 e. The van der Waals surface area contributed by atoms with E-state index in [-0.39, 0.29) is 11.8 Å². The van der Waals surface area contributed by atoms with Crippen LogP contribution in [0.25, 0.3) is 0 Å². The minimum absolute atomic E-state index is 0.0205. The normalized spacial score (nSPS) is 12.9.